The molecule has 1 saturated heterocycles. The van der Waals surface area contributed by atoms with Crippen LogP contribution in [0, 0.1) is 29.6 Å². The van der Waals surface area contributed by atoms with Crippen molar-refractivity contribution in [1.29, 1.82) is 0 Å². The van der Waals surface area contributed by atoms with Gasteiger partial charge < -0.3 is 24.5 Å². The average Bonchev–Trinajstić information content (AvgIpc) is 3.92. The minimum absolute atomic E-state index is 0.00242. The molecule has 13 heteroatoms. The van der Waals surface area contributed by atoms with Gasteiger partial charge in [-0.1, -0.05) is 47.7 Å². The first-order chi connectivity index (χ1) is 26.2. The molecule has 4 aromatic carbocycles. The van der Waals surface area contributed by atoms with Gasteiger partial charge in [0.15, 0.2) is 18.1 Å². The number of rotatable bonds is 9. The summed E-state index contributed by atoms with van der Waals surface area (Å²) >= 11 is 2.79. The number of H-pyrrole nitrogens is 1. The van der Waals surface area contributed by atoms with E-state index in [2.05, 4.69) is 10.3 Å². The molecule has 54 heavy (non-hydrogen) atoms. The number of carbonyl (C=O) groups is 4. The van der Waals surface area contributed by atoms with Gasteiger partial charge in [-0.05, 0) is 96.0 Å². The fraction of sp³-hybridized carbons (Fsp3) is 0.293. The van der Waals surface area contributed by atoms with Gasteiger partial charge in [-0.2, -0.15) is 0 Å². The van der Waals surface area contributed by atoms with E-state index in [1.165, 1.54) is 16.2 Å². The zero-order valence-corrected chi connectivity index (χ0v) is 30.9. The van der Waals surface area contributed by atoms with Crippen LogP contribution in [0.3, 0.4) is 0 Å². The van der Waals surface area contributed by atoms with Gasteiger partial charge in [0.05, 0.1) is 41.8 Å². The highest BCUT2D eigenvalue weighted by Crippen LogP contribution is 2.68. The van der Waals surface area contributed by atoms with Crippen LogP contribution in [0.15, 0.2) is 94.7 Å². The van der Waals surface area contributed by atoms with Crippen molar-refractivity contribution in [2.75, 3.05) is 30.5 Å². The quantitative estimate of drug-likeness (QED) is 0.128. The molecule has 1 aromatic heterocycles. The van der Waals surface area contributed by atoms with Crippen molar-refractivity contribution in [2.24, 2.45) is 29.6 Å². The number of aromatic amines is 1. The second kappa shape index (κ2) is 13.5. The number of benzene rings is 4. The molecule has 7 atom stereocenters. The number of thiazole rings is 1. The molecule has 4 aliphatic rings. The predicted octanol–water partition coefficient (Wildman–Crippen LogP) is 6.47. The van der Waals surface area contributed by atoms with Gasteiger partial charge in [-0.15, -0.1) is 11.8 Å². The smallest absolute Gasteiger partial charge is 0.338 e. The summed E-state index contributed by atoms with van der Waals surface area (Å²) in [6.07, 6.45) is 0.741. The van der Waals surface area contributed by atoms with E-state index in [4.69, 9.17) is 14.2 Å². The number of esters is 1. The number of imide groups is 1. The summed E-state index contributed by atoms with van der Waals surface area (Å²) in [5.41, 5.74) is 2.36. The highest BCUT2D eigenvalue weighted by molar-refractivity contribution is 8.00. The third-order valence-corrected chi connectivity index (χ3v) is 13.9. The number of amides is 3. The molecule has 9 rings (SSSR count). The Morgan fingerprint density at radius 2 is 1.65 bits per heavy atom. The van der Waals surface area contributed by atoms with E-state index in [-0.39, 0.29) is 64.7 Å². The van der Waals surface area contributed by atoms with Gasteiger partial charge >= 0.3 is 10.8 Å². The van der Waals surface area contributed by atoms with Crippen LogP contribution in [0.4, 0.5) is 11.4 Å². The first-order valence-corrected chi connectivity index (χ1v) is 19.6. The maximum Gasteiger partial charge on any atom is 0.338 e. The van der Waals surface area contributed by atoms with Crippen molar-refractivity contribution >= 4 is 68.9 Å². The lowest BCUT2D eigenvalue weighted by atomic mass is 9.68. The number of anilines is 2. The van der Waals surface area contributed by atoms with Crippen molar-refractivity contribution in [3.8, 4) is 11.5 Å². The largest absolute Gasteiger partial charge is 0.493 e. The van der Waals surface area contributed by atoms with Crippen LogP contribution in [0.25, 0.3) is 10.8 Å². The minimum atomic E-state index is -0.487. The first-order valence-electron chi connectivity index (χ1n) is 17.9. The zero-order chi connectivity index (χ0) is 37.2. The number of nitrogens with one attached hydrogen (secondary N) is 2. The Morgan fingerprint density at radius 3 is 2.41 bits per heavy atom. The van der Waals surface area contributed by atoms with Crippen LogP contribution in [0.5, 0.6) is 11.5 Å². The van der Waals surface area contributed by atoms with Crippen LogP contribution < -0.4 is 24.6 Å². The summed E-state index contributed by atoms with van der Waals surface area (Å²) in [4.78, 5) is 71.3. The standard InChI is InChI=1S/C41H35N3O8S2/c1-3-51-40(48)21-9-13-25(14-10-21)44-38(46)33-26-18-27(34(33)39(44)47)35-32(26)31(36-37(53-35)43-41(49)54-36)23-11-15-28(29(17-23)50-2)52-19-30(45)42-24-12-8-20-6-4-5-7-22(20)16-24/h4-17,26-27,31-35H,3,18-19H2,1-2H3,(H,42,45)(H,43,49)/t26-,27-,31+,32-,33+,34+,35-/m1/s1. The summed E-state index contributed by atoms with van der Waals surface area (Å²) in [5, 5.41) is 5.79. The Morgan fingerprint density at radius 1 is 0.889 bits per heavy atom. The van der Waals surface area contributed by atoms with Crippen molar-refractivity contribution < 1.29 is 33.4 Å². The lowest BCUT2D eigenvalue weighted by molar-refractivity contribution is -0.123. The molecule has 0 unspecified atom stereocenters. The van der Waals surface area contributed by atoms with E-state index in [0.717, 1.165) is 32.7 Å². The molecule has 2 bridgehead atoms. The van der Waals surface area contributed by atoms with E-state index in [0.29, 0.717) is 28.4 Å². The van der Waals surface area contributed by atoms with Gasteiger partial charge in [0, 0.05) is 21.7 Å². The summed E-state index contributed by atoms with van der Waals surface area (Å²) in [7, 11) is 1.54. The number of fused-ring (bicyclic) bond motifs is 10. The number of carbonyl (C=O) groups excluding carboxylic acids is 4. The van der Waals surface area contributed by atoms with Gasteiger partial charge in [-0.25, -0.2) is 4.79 Å². The molecular formula is C41H35N3O8S2. The van der Waals surface area contributed by atoms with E-state index in [1.54, 1.807) is 56.1 Å². The number of hydrogen-bond acceptors (Lipinski definition) is 10. The Balaban J connectivity index is 0.972. The van der Waals surface area contributed by atoms with Crippen LogP contribution in [-0.4, -0.2) is 54.2 Å². The van der Waals surface area contributed by atoms with Crippen LogP contribution >= 0.6 is 23.1 Å². The van der Waals surface area contributed by atoms with Gasteiger partial charge in [0.1, 0.15) is 0 Å². The normalized spacial score (nSPS) is 24.9. The van der Waals surface area contributed by atoms with E-state index in [1.807, 2.05) is 54.6 Å². The van der Waals surface area contributed by atoms with Crippen LogP contribution in [-0.2, 0) is 19.1 Å². The SMILES string of the molecule is CCOC(=O)c1ccc(N2C(=O)[C@H]3[C@H]4C[C@@H]([C@@H]3C2=O)[C@@H]2[C@H](c3ccc(OCC(=O)Nc5ccc6ccccc6c5)c(OC)c3)c3sc(=O)[nH]c3S[C@H]42)cc1. The number of hydrogen-bond donors (Lipinski definition) is 2. The Hall–Kier alpha value is -5.40. The van der Waals surface area contributed by atoms with Crippen LogP contribution in [0.1, 0.15) is 40.1 Å². The summed E-state index contributed by atoms with van der Waals surface area (Å²) in [6, 6.07) is 25.7. The number of methoxy groups -OCH3 is 1. The van der Waals surface area contributed by atoms with Crippen molar-refractivity contribution in [1.82, 2.24) is 4.98 Å². The molecule has 2 aliphatic carbocycles. The monoisotopic (exact) mass is 761 g/mol. The molecule has 5 aromatic rings. The Labute approximate surface area is 318 Å². The minimum Gasteiger partial charge on any atom is -0.493 e. The molecule has 2 saturated carbocycles. The zero-order valence-electron chi connectivity index (χ0n) is 29.3. The van der Waals surface area contributed by atoms with E-state index < -0.39 is 17.8 Å². The predicted molar refractivity (Wildman–Crippen MR) is 204 cm³/mol. The highest BCUT2D eigenvalue weighted by atomic mass is 32.2. The molecule has 2 aliphatic heterocycles. The number of aromatic nitrogens is 1. The topological polar surface area (TPSA) is 144 Å². The average molecular weight is 762 g/mol. The number of thioether (sulfide) groups is 1. The second-order valence-corrected chi connectivity index (χ2v) is 16.3. The second-order valence-electron chi connectivity index (χ2n) is 14.0. The van der Waals surface area contributed by atoms with Gasteiger partial charge in [0.2, 0.25) is 11.8 Å². The number of nitrogens with zero attached hydrogens (tertiary/aromatic N) is 1. The fourth-order valence-corrected chi connectivity index (χ4v) is 12.1. The molecular weight excluding hydrogens is 727 g/mol. The molecule has 274 valence electrons. The van der Waals surface area contributed by atoms with E-state index in [9.17, 15) is 24.0 Å². The molecule has 3 amide bonds. The summed E-state index contributed by atoms with van der Waals surface area (Å²) in [6.45, 7) is 1.74. The van der Waals surface area contributed by atoms with Crippen molar-refractivity contribution in [3.05, 3.63) is 111 Å². The number of ether oxygens (including phenoxy) is 3. The van der Waals surface area contributed by atoms with Crippen LogP contribution in [0.2, 0.25) is 0 Å². The van der Waals surface area contributed by atoms with Crippen molar-refractivity contribution in [3.63, 3.8) is 0 Å². The maximum atomic E-state index is 14.2. The van der Waals surface area contributed by atoms with Crippen molar-refractivity contribution in [2.45, 2.75) is 29.5 Å². The Bertz CT molecular complexity index is 2410. The fourth-order valence-electron chi connectivity index (χ4n) is 9.21. The lowest BCUT2D eigenvalue weighted by Crippen LogP contribution is -2.42. The summed E-state index contributed by atoms with van der Waals surface area (Å²) in [5.74, 6) is -1.72. The molecule has 3 heterocycles. The molecule has 11 nitrogen and oxygen atoms in total. The lowest BCUT2D eigenvalue weighted by Gasteiger charge is -2.43. The molecule has 2 N–H and O–H groups in total. The maximum absolute atomic E-state index is 14.2. The first kappa shape index (κ1) is 34.4. The Kier molecular flexibility index (Phi) is 8.57. The van der Waals surface area contributed by atoms with Gasteiger partial charge in [0.25, 0.3) is 5.91 Å². The molecule has 0 spiro atoms. The molecule has 0 radical (unpaired) electrons. The third-order valence-electron chi connectivity index (χ3n) is 11.3. The molecule has 3 fully saturated rings. The van der Waals surface area contributed by atoms with Gasteiger partial charge in [-0.3, -0.25) is 24.1 Å². The third kappa shape index (κ3) is 5.60. The highest BCUT2D eigenvalue weighted by Gasteiger charge is 2.69. The van der Waals surface area contributed by atoms with E-state index >= 15 is 0 Å². The summed E-state index contributed by atoms with van der Waals surface area (Å²) < 4.78 is 16.8.